The highest BCUT2D eigenvalue weighted by atomic mass is 16.4. The van der Waals surface area contributed by atoms with Crippen molar-refractivity contribution in [3.63, 3.8) is 0 Å². The minimum atomic E-state index is -0.954. The van der Waals surface area contributed by atoms with Crippen LogP contribution in [0.25, 0.3) is 0 Å². The Morgan fingerprint density at radius 1 is 0.900 bits per heavy atom. The molecule has 2 aromatic rings. The second-order valence-electron chi connectivity index (χ2n) is 7.25. The maximum atomic E-state index is 12.7. The number of anilines is 1. The van der Waals surface area contributed by atoms with Crippen molar-refractivity contribution in [3.05, 3.63) is 65.7 Å². The SMILES string of the molecule is CN(C)c1ccc(CNC(=O)N(CCc2ccccc2)C(=O)CCCC(=O)O)cc1. The van der Waals surface area contributed by atoms with Gasteiger partial charge in [-0.05, 0) is 36.1 Å². The molecule has 0 aliphatic heterocycles. The molecule has 30 heavy (non-hydrogen) atoms. The van der Waals surface area contributed by atoms with Gasteiger partial charge in [-0.2, -0.15) is 0 Å². The molecule has 0 bridgehead atoms. The zero-order valence-electron chi connectivity index (χ0n) is 17.5. The standard InChI is InChI=1S/C23H29N3O4/c1-25(2)20-13-11-19(12-14-20)17-24-23(30)26(21(27)9-6-10-22(28)29)16-15-18-7-4-3-5-8-18/h3-5,7-8,11-14H,6,9-10,15-17H2,1-2H3,(H,24,30)(H,28,29). The van der Waals surface area contributed by atoms with Crippen LogP contribution in [0.4, 0.5) is 10.5 Å². The Labute approximate surface area is 177 Å². The summed E-state index contributed by atoms with van der Waals surface area (Å²) in [6.45, 7) is 0.540. The van der Waals surface area contributed by atoms with Gasteiger partial charge in [0.25, 0.3) is 0 Å². The van der Waals surface area contributed by atoms with Gasteiger partial charge in [-0.3, -0.25) is 14.5 Å². The van der Waals surface area contributed by atoms with Crippen LogP contribution >= 0.6 is 0 Å². The molecule has 2 rings (SSSR count). The second-order valence-corrected chi connectivity index (χ2v) is 7.25. The van der Waals surface area contributed by atoms with Gasteiger partial charge in [-0.25, -0.2) is 4.79 Å². The van der Waals surface area contributed by atoms with E-state index < -0.39 is 12.0 Å². The van der Waals surface area contributed by atoms with Gasteiger partial charge in [-0.1, -0.05) is 42.5 Å². The smallest absolute Gasteiger partial charge is 0.324 e. The number of carbonyl (C=O) groups is 3. The van der Waals surface area contributed by atoms with Gasteiger partial charge in [-0.15, -0.1) is 0 Å². The summed E-state index contributed by atoms with van der Waals surface area (Å²) in [6.07, 6.45) is 0.663. The number of nitrogens with zero attached hydrogens (tertiary/aromatic N) is 2. The summed E-state index contributed by atoms with van der Waals surface area (Å²) in [7, 11) is 3.91. The molecule has 0 aliphatic carbocycles. The Bertz CT molecular complexity index is 835. The highest BCUT2D eigenvalue weighted by molar-refractivity contribution is 5.94. The lowest BCUT2D eigenvalue weighted by Gasteiger charge is -2.22. The van der Waals surface area contributed by atoms with Crippen molar-refractivity contribution in [3.8, 4) is 0 Å². The predicted octanol–water partition coefficient (Wildman–Crippen LogP) is 3.29. The van der Waals surface area contributed by atoms with Crippen LogP contribution in [-0.4, -0.2) is 48.6 Å². The third-order valence-corrected chi connectivity index (χ3v) is 4.69. The number of aliphatic carboxylic acids is 1. The number of amides is 3. The molecule has 2 N–H and O–H groups in total. The van der Waals surface area contributed by atoms with Gasteiger partial charge in [0.15, 0.2) is 0 Å². The summed E-state index contributed by atoms with van der Waals surface area (Å²) < 4.78 is 0. The molecule has 2 aromatic carbocycles. The van der Waals surface area contributed by atoms with Crippen LogP contribution in [0, 0.1) is 0 Å². The average molecular weight is 412 g/mol. The van der Waals surface area contributed by atoms with Crippen LogP contribution in [0.1, 0.15) is 30.4 Å². The zero-order chi connectivity index (χ0) is 21.9. The monoisotopic (exact) mass is 411 g/mol. The van der Waals surface area contributed by atoms with Crippen molar-refractivity contribution >= 4 is 23.6 Å². The summed E-state index contributed by atoms with van der Waals surface area (Å²) in [5, 5.41) is 11.6. The van der Waals surface area contributed by atoms with E-state index in [1.165, 1.54) is 4.90 Å². The fourth-order valence-corrected chi connectivity index (χ4v) is 2.94. The number of nitrogens with one attached hydrogen (secondary N) is 1. The minimum Gasteiger partial charge on any atom is -0.481 e. The van der Waals surface area contributed by atoms with Crippen molar-refractivity contribution in [2.24, 2.45) is 0 Å². The molecule has 7 heteroatoms. The lowest BCUT2D eigenvalue weighted by atomic mass is 10.1. The molecule has 7 nitrogen and oxygen atoms in total. The number of urea groups is 1. The third kappa shape index (κ3) is 7.58. The number of carboxylic acid groups (broad SMARTS) is 1. The first-order chi connectivity index (χ1) is 14.4. The van der Waals surface area contributed by atoms with Crippen LogP contribution < -0.4 is 10.2 Å². The summed E-state index contributed by atoms with van der Waals surface area (Å²) in [5.41, 5.74) is 3.01. The Kier molecular flexibility index (Phi) is 8.87. The largest absolute Gasteiger partial charge is 0.481 e. The fourth-order valence-electron chi connectivity index (χ4n) is 2.94. The molecule has 0 saturated carbocycles. The molecule has 0 spiro atoms. The normalized spacial score (nSPS) is 10.3. The van der Waals surface area contributed by atoms with Crippen LogP contribution in [0.2, 0.25) is 0 Å². The number of carbonyl (C=O) groups excluding carboxylic acids is 2. The molecular formula is C23H29N3O4. The van der Waals surface area contributed by atoms with E-state index in [2.05, 4.69) is 5.32 Å². The zero-order valence-corrected chi connectivity index (χ0v) is 17.5. The van der Waals surface area contributed by atoms with E-state index in [9.17, 15) is 14.4 Å². The van der Waals surface area contributed by atoms with Gasteiger partial charge in [0.2, 0.25) is 5.91 Å². The van der Waals surface area contributed by atoms with E-state index in [0.717, 1.165) is 16.8 Å². The molecule has 3 amide bonds. The number of carboxylic acids is 1. The third-order valence-electron chi connectivity index (χ3n) is 4.69. The van der Waals surface area contributed by atoms with Gasteiger partial charge in [0, 0.05) is 45.7 Å². The molecule has 0 saturated heterocycles. The van der Waals surface area contributed by atoms with Gasteiger partial charge < -0.3 is 15.3 Å². The van der Waals surface area contributed by atoms with E-state index in [-0.39, 0.29) is 31.7 Å². The minimum absolute atomic E-state index is 0.0199. The van der Waals surface area contributed by atoms with Crippen molar-refractivity contribution in [1.29, 1.82) is 0 Å². The van der Waals surface area contributed by atoms with Gasteiger partial charge in [0.05, 0.1) is 0 Å². The molecule has 0 atom stereocenters. The summed E-state index contributed by atoms with van der Waals surface area (Å²) in [6, 6.07) is 16.9. The summed E-state index contributed by atoms with van der Waals surface area (Å²) in [5.74, 6) is -1.32. The van der Waals surface area contributed by atoms with E-state index >= 15 is 0 Å². The Hall–Kier alpha value is -3.35. The van der Waals surface area contributed by atoms with E-state index in [1.807, 2.05) is 73.6 Å². The van der Waals surface area contributed by atoms with Crippen LogP contribution in [-0.2, 0) is 22.6 Å². The Balaban J connectivity index is 1.98. The molecule has 0 unspecified atom stereocenters. The van der Waals surface area contributed by atoms with Gasteiger partial charge >= 0.3 is 12.0 Å². The van der Waals surface area contributed by atoms with Crippen molar-refractivity contribution in [2.75, 3.05) is 25.5 Å². The van der Waals surface area contributed by atoms with Crippen LogP contribution in [0.3, 0.4) is 0 Å². The van der Waals surface area contributed by atoms with E-state index in [4.69, 9.17) is 5.11 Å². The number of rotatable bonds is 10. The molecule has 0 fully saturated rings. The number of hydrogen-bond acceptors (Lipinski definition) is 4. The lowest BCUT2D eigenvalue weighted by Crippen LogP contribution is -2.44. The maximum Gasteiger partial charge on any atom is 0.324 e. The first kappa shape index (κ1) is 22.9. The highest BCUT2D eigenvalue weighted by Gasteiger charge is 2.21. The molecule has 160 valence electrons. The Morgan fingerprint density at radius 3 is 2.17 bits per heavy atom. The molecule has 0 aromatic heterocycles. The fraction of sp³-hybridized carbons (Fsp3) is 0.348. The Morgan fingerprint density at radius 2 is 1.57 bits per heavy atom. The van der Waals surface area contributed by atoms with Crippen LogP contribution in [0.5, 0.6) is 0 Å². The van der Waals surface area contributed by atoms with Crippen LogP contribution in [0.15, 0.2) is 54.6 Å². The van der Waals surface area contributed by atoms with Crippen molar-refractivity contribution in [1.82, 2.24) is 10.2 Å². The second kappa shape index (κ2) is 11.6. The molecule has 0 radical (unpaired) electrons. The van der Waals surface area contributed by atoms with Gasteiger partial charge in [0.1, 0.15) is 0 Å². The highest BCUT2D eigenvalue weighted by Crippen LogP contribution is 2.12. The van der Waals surface area contributed by atoms with E-state index in [1.54, 1.807) is 0 Å². The quantitative estimate of drug-likeness (QED) is 0.626. The number of imide groups is 1. The maximum absolute atomic E-state index is 12.7. The van der Waals surface area contributed by atoms with Crippen molar-refractivity contribution < 1.29 is 19.5 Å². The lowest BCUT2D eigenvalue weighted by molar-refractivity contribution is -0.137. The molecule has 0 heterocycles. The van der Waals surface area contributed by atoms with E-state index in [0.29, 0.717) is 13.0 Å². The summed E-state index contributed by atoms with van der Waals surface area (Å²) >= 11 is 0. The van der Waals surface area contributed by atoms with Crippen molar-refractivity contribution in [2.45, 2.75) is 32.2 Å². The average Bonchev–Trinajstić information content (AvgIpc) is 2.73. The number of hydrogen-bond donors (Lipinski definition) is 2. The first-order valence-corrected chi connectivity index (χ1v) is 9.97. The summed E-state index contributed by atoms with van der Waals surface area (Å²) in [4.78, 5) is 39.2. The predicted molar refractivity (Wildman–Crippen MR) is 116 cm³/mol. The topological polar surface area (TPSA) is 90.0 Å². The number of benzene rings is 2. The molecular weight excluding hydrogens is 382 g/mol. The first-order valence-electron chi connectivity index (χ1n) is 9.97. The molecule has 0 aliphatic rings.